The van der Waals surface area contributed by atoms with E-state index in [0.717, 1.165) is 10.2 Å². The van der Waals surface area contributed by atoms with Gasteiger partial charge in [-0.15, -0.1) is 10.2 Å². The van der Waals surface area contributed by atoms with Gasteiger partial charge >= 0.3 is 0 Å². The van der Waals surface area contributed by atoms with E-state index in [-0.39, 0.29) is 10.6 Å². The Morgan fingerprint density at radius 3 is 2.38 bits per heavy atom. The van der Waals surface area contributed by atoms with E-state index in [4.69, 9.17) is 0 Å². The van der Waals surface area contributed by atoms with Crippen molar-refractivity contribution in [2.75, 3.05) is 31.1 Å². The highest BCUT2D eigenvalue weighted by molar-refractivity contribution is 9.10. The van der Waals surface area contributed by atoms with Gasteiger partial charge in [0.1, 0.15) is 6.33 Å². The summed E-state index contributed by atoms with van der Waals surface area (Å²) in [5, 5.41) is 19.8. The molecule has 4 rings (SSSR count). The molecule has 32 heavy (non-hydrogen) atoms. The third-order valence-electron chi connectivity index (χ3n) is 5.07. The Balaban J connectivity index is 1.52. The monoisotopic (exact) mass is 538 g/mol. The zero-order chi connectivity index (χ0) is 22.9. The molecule has 0 saturated carbocycles. The molecule has 0 spiro atoms. The second-order valence-electron chi connectivity index (χ2n) is 7.08. The Morgan fingerprint density at radius 1 is 1.09 bits per heavy atom. The number of benzene rings is 2. The van der Waals surface area contributed by atoms with Gasteiger partial charge < -0.3 is 9.47 Å². The molecule has 1 aliphatic heterocycles. The Bertz CT molecular complexity index is 1240. The maximum Gasteiger partial charge on any atom is 0.283 e. The van der Waals surface area contributed by atoms with Crippen LogP contribution < -0.4 is 4.90 Å². The van der Waals surface area contributed by atoms with Crippen LogP contribution in [-0.2, 0) is 17.1 Å². The van der Waals surface area contributed by atoms with Crippen LogP contribution >= 0.6 is 27.7 Å². The Hall–Kier alpha value is -2.48. The summed E-state index contributed by atoms with van der Waals surface area (Å²) in [6, 6.07) is 11.5. The summed E-state index contributed by atoms with van der Waals surface area (Å²) in [5.41, 5.74) is 0.777. The normalized spacial score (nSPS) is 15.1. The number of nitro groups is 1. The number of nitrogens with zero attached hydrogens (tertiary/aromatic N) is 6. The van der Waals surface area contributed by atoms with E-state index in [0.29, 0.717) is 36.2 Å². The number of rotatable bonds is 6. The zero-order valence-corrected chi connectivity index (χ0v) is 20.2. The Morgan fingerprint density at radius 2 is 1.78 bits per heavy atom. The lowest BCUT2D eigenvalue weighted by Gasteiger charge is -2.35. The number of anilines is 1. The first kappa shape index (κ1) is 22.7. The van der Waals surface area contributed by atoms with Gasteiger partial charge in [0, 0.05) is 49.5 Å². The molecule has 0 aliphatic carbocycles. The van der Waals surface area contributed by atoms with Gasteiger partial charge in [-0.3, -0.25) is 10.1 Å². The first-order chi connectivity index (χ1) is 15.3. The standard InChI is InChI=1S/C19H19BrN6O4S2/c1-23-13-21-22-19(23)31-18-12-15(4-7-17(18)26(27)28)24-8-10-25(11-9-24)32(29,30)16-5-2-14(20)3-6-16/h2-7,12-13H,8-11H2,1H3. The molecular formula is C19H19BrN6O4S2. The summed E-state index contributed by atoms with van der Waals surface area (Å²) in [6.45, 7) is 1.59. The average molecular weight is 539 g/mol. The summed E-state index contributed by atoms with van der Waals surface area (Å²) in [4.78, 5) is 13.8. The maximum atomic E-state index is 12.9. The van der Waals surface area contributed by atoms with Gasteiger partial charge in [0.15, 0.2) is 5.16 Å². The molecule has 1 aromatic heterocycles. The maximum absolute atomic E-state index is 12.9. The summed E-state index contributed by atoms with van der Waals surface area (Å²) >= 11 is 4.48. The van der Waals surface area contributed by atoms with Crippen molar-refractivity contribution in [1.82, 2.24) is 19.1 Å². The van der Waals surface area contributed by atoms with Gasteiger partial charge in [-0.2, -0.15) is 4.31 Å². The number of piperazine rings is 1. The van der Waals surface area contributed by atoms with Crippen LogP contribution in [0.2, 0.25) is 0 Å². The first-order valence-corrected chi connectivity index (χ1v) is 12.6. The zero-order valence-electron chi connectivity index (χ0n) is 17.0. The van der Waals surface area contributed by atoms with Crippen molar-refractivity contribution in [2.45, 2.75) is 14.9 Å². The van der Waals surface area contributed by atoms with Crippen LogP contribution in [0.3, 0.4) is 0 Å². The lowest BCUT2D eigenvalue weighted by molar-refractivity contribution is -0.387. The van der Waals surface area contributed by atoms with Crippen LogP contribution in [0.5, 0.6) is 0 Å². The highest BCUT2D eigenvalue weighted by Crippen LogP contribution is 2.36. The fourth-order valence-corrected chi connectivity index (χ4v) is 5.93. The number of halogens is 1. The van der Waals surface area contributed by atoms with Crippen LogP contribution in [0.25, 0.3) is 0 Å². The summed E-state index contributed by atoms with van der Waals surface area (Å²) in [7, 11) is -1.81. The molecule has 1 saturated heterocycles. The molecule has 0 N–H and O–H groups in total. The minimum absolute atomic E-state index is 0.0156. The summed E-state index contributed by atoms with van der Waals surface area (Å²) < 4.78 is 29.8. The van der Waals surface area contributed by atoms with E-state index in [1.165, 1.54) is 28.5 Å². The molecule has 10 nitrogen and oxygen atoms in total. The number of aromatic nitrogens is 3. The number of aryl methyl sites for hydroxylation is 1. The van der Waals surface area contributed by atoms with Crippen molar-refractivity contribution in [2.24, 2.45) is 7.05 Å². The van der Waals surface area contributed by atoms with E-state index in [1.807, 2.05) is 4.90 Å². The molecule has 168 valence electrons. The van der Waals surface area contributed by atoms with E-state index < -0.39 is 14.9 Å². The van der Waals surface area contributed by atoms with Gasteiger partial charge in [-0.05, 0) is 48.2 Å². The second-order valence-corrected chi connectivity index (χ2v) is 10.9. The van der Waals surface area contributed by atoms with Gasteiger partial charge in [0.25, 0.3) is 5.69 Å². The van der Waals surface area contributed by atoms with Gasteiger partial charge in [-0.25, -0.2) is 8.42 Å². The van der Waals surface area contributed by atoms with Crippen molar-refractivity contribution >= 4 is 49.1 Å². The van der Waals surface area contributed by atoms with Gasteiger partial charge in [-0.1, -0.05) is 15.9 Å². The van der Waals surface area contributed by atoms with Crippen molar-refractivity contribution < 1.29 is 13.3 Å². The molecule has 2 aromatic carbocycles. The number of nitro benzene ring substituents is 1. The van der Waals surface area contributed by atoms with Crippen LogP contribution in [-0.4, -0.2) is 58.6 Å². The summed E-state index contributed by atoms with van der Waals surface area (Å²) in [6.07, 6.45) is 1.53. The van der Waals surface area contributed by atoms with E-state index in [2.05, 4.69) is 26.1 Å². The number of sulfonamides is 1. The number of hydrogen-bond donors (Lipinski definition) is 0. The van der Waals surface area contributed by atoms with Crippen molar-refractivity contribution in [3.8, 4) is 0 Å². The van der Waals surface area contributed by atoms with Crippen LogP contribution in [0.1, 0.15) is 0 Å². The predicted molar refractivity (Wildman–Crippen MR) is 123 cm³/mol. The highest BCUT2D eigenvalue weighted by atomic mass is 79.9. The SMILES string of the molecule is Cn1cnnc1Sc1cc(N2CCN(S(=O)(=O)c3ccc(Br)cc3)CC2)ccc1[N+](=O)[O-]. The van der Waals surface area contributed by atoms with E-state index in [1.54, 1.807) is 48.0 Å². The van der Waals surface area contributed by atoms with E-state index in [9.17, 15) is 18.5 Å². The lowest BCUT2D eigenvalue weighted by Crippen LogP contribution is -2.48. The molecule has 0 radical (unpaired) electrons. The molecular weight excluding hydrogens is 520 g/mol. The fraction of sp³-hybridized carbons (Fsp3) is 0.263. The topological polar surface area (TPSA) is 114 Å². The third kappa shape index (κ3) is 4.65. The lowest BCUT2D eigenvalue weighted by atomic mass is 10.2. The van der Waals surface area contributed by atoms with Crippen molar-refractivity contribution in [3.63, 3.8) is 0 Å². The van der Waals surface area contributed by atoms with Gasteiger partial charge in [0.2, 0.25) is 10.0 Å². The summed E-state index contributed by atoms with van der Waals surface area (Å²) in [5.74, 6) is 0. The number of hydrogen-bond acceptors (Lipinski definition) is 8. The minimum atomic E-state index is -3.58. The largest absolute Gasteiger partial charge is 0.369 e. The molecule has 0 unspecified atom stereocenters. The average Bonchev–Trinajstić information content (AvgIpc) is 3.18. The van der Waals surface area contributed by atoms with Crippen molar-refractivity contribution in [3.05, 3.63) is 63.4 Å². The van der Waals surface area contributed by atoms with Crippen molar-refractivity contribution in [1.29, 1.82) is 0 Å². The van der Waals surface area contributed by atoms with E-state index >= 15 is 0 Å². The predicted octanol–water partition coefficient (Wildman–Crippen LogP) is 3.15. The fourth-order valence-electron chi connectivity index (χ4n) is 3.34. The second kappa shape index (κ2) is 9.17. The molecule has 2 heterocycles. The molecule has 1 aliphatic rings. The van der Waals surface area contributed by atoms with Crippen LogP contribution in [0.15, 0.2) is 68.2 Å². The highest BCUT2D eigenvalue weighted by Gasteiger charge is 2.29. The molecule has 0 bridgehead atoms. The van der Waals surface area contributed by atoms with Crippen LogP contribution in [0.4, 0.5) is 11.4 Å². The van der Waals surface area contributed by atoms with Crippen LogP contribution in [0, 0.1) is 10.1 Å². The first-order valence-electron chi connectivity index (χ1n) is 9.56. The Labute approximate surface area is 197 Å². The van der Waals surface area contributed by atoms with Gasteiger partial charge in [0.05, 0.1) is 14.7 Å². The molecule has 0 atom stereocenters. The minimum Gasteiger partial charge on any atom is -0.369 e. The molecule has 3 aromatic rings. The smallest absolute Gasteiger partial charge is 0.283 e. The Kier molecular flexibility index (Phi) is 6.51. The molecule has 0 amide bonds. The third-order valence-corrected chi connectivity index (χ3v) is 8.61. The molecule has 13 heteroatoms. The molecule has 1 fully saturated rings. The quantitative estimate of drug-likeness (QED) is 0.347.